The van der Waals surface area contributed by atoms with Gasteiger partial charge in [-0.2, -0.15) is 0 Å². The Labute approximate surface area is 159 Å². The third-order valence-electron chi connectivity index (χ3n) is 4.59. The van der Waals surface area contributed by atoms with Crippen LogP contribution in [0.25, 0.3) is 0 Å². The molecule has 1 N–H and O–H groups in total. The lowest BCUT2D eigenvalue weighted by Gasteiger charge is -2.18. The van der Waals surface area contributed by atoms with Crippen LogP contribution in [0.15, 0.2) is 53.0 Å². The van der Waals surface area contributed by atoms with Crippen LogP contribution in [0.3, 0.4) is 0 Å². The number of rotatable bonds is 6. The van der Waals surface area contributed by atoms with E-state index in [9.17, 15) is 14.0 Å². The highest BCUT2D eigenvalue weighted by Crippen LogP contribution is 2.47. The molecule has 3 rings (SSSR count). The molecule has 1 aliphatic rings. The maximum atomic E-state index is 13.0. The van der Waals surface area contributed by atoms with Gasteiger partial charge in [-0.3, -0.25) is 9.59 Å². The Morgan fingerprint density at radius 1 is 1.27 bits per heavy atom. The molecule has 136 valence electrons. The molecule has 0 radical (unpaired) electrons. The van der Waals surface area contributed by atoms with E-state index in [0.29, 0.717) is 0 Å². The minimum absolute atomic E-state index is 0.0621. The van der Waals surface area contributed by atoms with Crippen LogP contribution in [0.4, 0.5) is 4.39 Å². The van der Waals surface area contributed by atoms with Crippen LogP contribution in [-0.4, -0.2) is 19.0 Å². The first-order valence-corrected chi connectivity index (χ1v) is 9.15. The summed E-state index contributed by atoms with van der Waals surface area (Å²) >= 11 is 3.41. The van der Waals surface area contributed by atoms with E-state index in [0.717, 1.165) is 22.0 Å². The SMILES string of the molecule is COC(=O)CC(NC(=O)C1CC1c1ccc(F)cc1)c1cccc(Br)c1. The molecule has 1 aliphatic carbocycles. The van der Waals surface area contributed by atoms with Crippen molar-refractivity contribution >= 4 is 27.8 Å². The number of esters is 1. The quantitative estimate of drug-likeness (QED) is 0.716. The zero-order chi connectivity index (χ0) is 18.7. The van der Waals surface area contributed by atoms with E-state index in [1.54, 1.807) is 12.1 Å². The second kappa shape index (κ2) is 7.99. The van der Waals surface area contributed by atoms with Crippen LogP contribution < -0.4 is 5.32 Å². The smallest absolute Gasteiger partial charge is 0.307 e. The van der Waals surface area contributed by atoms with Crippen molar-refractivity contribution in [1.82, 2.24) is 5.32 Å². The molecule has 26 heavy (non-hydrogen) atoms. The Hall–Kier alpha value is -2.21. The molecule has 4 nitrogen and oxygen atoms in total. The molecular formula is C20H19BrFNO3. The molecule has 1 saturated carbocycles. The second-order valence-electron chi connectivity index (χ2n) is 6.40. The van der Waals surface area contributed by atoms with Gasteiger partial charge < -0.3 is 10.1 Å². The number of hydrogen-bond acceptors (Lipinski definition) is 3. The highest BCUT2D eigenvalue weighted by Gasteiger charge is 2.44. The van der Waals surface area contributed by atoms with Gasteiger partial charge in [-0.1, -0.05) is 40.2 Å². The highest BCUT2D eigenvalue weighted by atomic mass is 79.9. The van der Waals surface area contributed by atoms with Crippen molar-refractivity contribution in [3.05, 3.63) is 69.9 Å². The zero-order valence-electron chi connectivity index (χ0n) is 14.2. The first kappa shape index (κ1) is 18.6. The van der Waals surface area contributed by atoms with E-state index in [4.69, 9.17) is 4.74 Å². The maximum Gasteiger partial charge on any atom is 0.307 e. The van der Waals surface area contributed by atoms with Gasteiger partial charge in [-0.15, -0.1) is 0 Å². The highest BCUT2D eigenvalue weighted by molar-refractivity contribution is 9.10. The van der Waals surface area contributed by atoms with Crippen LogP contribution in [-0.2, 0) is 14.3 Å². The number of benzene rings is 2. The van der Waals surface area contributed by atoms with Crippen LogP contribution >= 0.6 is 15.9 Å². The third-order valence-corrected chi connectivity index (χ3v) is 5.08. The fourth-order valence-electron chi connectivity index (χ4n) is 3.07. The summed E-state index contributed by atoms with van der Waals surface area (Å²) in [5.41, 5.74) is 1.79. The summed E-state index contributed by atoms with van der Waals surface area (Å²) in [4.78, 5) is 24.4. The van der Waals surface area contributed by atoms with E-state index in [1.807, 2.05) is 24.3 Å². The van der Waals surface area contributed by atoms with Gasteiger partial charge in [-0.25, -0.2) is 4.39 Å². The molecule has 3 atom stereocenters. The van der Waals surface area contributed by atoms with Gasteiger partial charge in [-0.05, 0) is 47.7 Å². The fourth-order valence-corrected chi connectivity index (χ4v) is 3.48. The minimum atomic E-state index is -0.457. The van der Waals surface area contributed by atoms with E-state index in [1.165, 1.54) is 19.2 Å². The van der Waals surface area contributed by atoms with Crippen molar-refractivity contribution in [3.63, 3.8) is 0 Å². The standard InChI is InChI=1S/C20H19BrFNO3/c1-26-19(24)11-18(13-3-2-4-14(21)9-13)23-20(25)17-10-16(17)12-5-7-15(22)8-6-12/h2-9,16-18H,10-11H2,1H3,(H,23,25). The number of carbonyl (C=O) groups excluding carboxylic acids is 2. The average molecular weight is 420 g/mol. The monoisotopic (exact) mass is 419 g/mol. The molecule has 0 saturated heterocycles. The first-order valence-electron chi connectivity index (χ1n) is 8.36. The third kappa shape index (κ3) is 4.49. The Balaban J connectivity index is 1.69. The summed E-state index contributed by atoms with van der Waals surface area (Å²) in [6.45, 7) is 0. The first-order chi connectivity index (χ1) is 12.5. The van der Waals surface area contributed by atoms with Gasteiger partial charge in [0.1, 0.15) is 5.82 Å². The van der Waals surface area contributed by atoms with Gasteiger partial charge >= 0.3 is 5.97 Å². The summed E-state index contributed by atoms with van der Waals surface area (Å²) in [6.07, 6.45) is 0.785. The molecule has 2 aromatic carbocycles. The number of methoxy groups -OCH3 is 1. The van der Waals surface area contributed by atoms with Gasteiger partial charge in [0.15, 0.2) is 0 Å². The van der Waals surface area contributed by atoms with E-state index >= 15 is 0 Å². The molecule has 3 unspecified atom stereocenters. The average Bonchev–Trinajstić information content (AvgIpc) is 3.42. The van der Waals surface area contributed by atoms with Crippen LogP contribution in [0, 0.1) is 11.7 Å². The largest absolute Gasteiger partial charge is 0.469 e. The predicted octanol–water partition coefficient (Wildman–Crippen LogP) is 4.11. The summed E-state index contributed by atoms with van der Waals surface area (Å²) < 4.78 is 18.7. The topological polar surface area (TPSA) is 55.4 Å². The number of hydrogen-bond donors (Lipinski definition) is 1. The van der Waals surface area contributed by atoms with Gasteiger partial charge in [0.25, 0.3) is 0 Å². The Morgan fingerprint density at radius 2 is 2.00 bits per heavy atom. The molecular weight excluding hydrogens is 401 g/mol. The van der Waals surface area contributed by atoms with Crippen molar-refractivity contribution in [2.24, 2.45) is 5.92 Å². The van der Waals surface area contributed by atoms with Crippen molar-refractivity contribution in [1.29, 1.82) is 0 Å². The number of halogens is 2. The zero-order valence-corrected chi connectivity index (χ0v) is 15.8. The van der Waals surface area contributed by atoms with Gasteiger partial charge in [0.05, 0.1) is 19.6 Å². The van der Waals surface area contributed by atoms with Crippen LogP contribution in [0.1, 0.15) is 35.9 Å². The maximum absolute atomic E-state index is 13.0. The van der Waals surface area contributed by atoms with Crippen molar-refractivity contribution < 1.29 is 18.7 Å². The van der Waals surface area contributed by atoms with Gasteiger partial charge in [0, 0.05) is 10.4 Å². The molecule has 0 aromatic heterocycles. The Bertz CT molecular complexity index is 809. The lowest BCUT2D eigenvalue weighted by Crippen LogP contribution is -2.32. The number of amides is 1. The Kier molecular flexibility index (Phi) is 5.71. The molecule has 6 heteroatoms. The van der Waals surface area contributed by atoms with Crippen LogP contribution in [0.2, 0.25) is 0 Å². The number of carbonyl (C=O) groups is 2. The fraction of sp³-hybridized carbons (Fsp3) is 0.300. The van der Waals surface area contributed by atoms with E-state index in [-0.39, 0.29) is 36.0 Å². The summed E-state index contributed by atoms with van der Waals surface area (Å²) in [5.74, 6) is -0.845. The summed E-state index contributed by atoms with van der Waals surface area (Å²) in [5, 5.41) is 2.96. The molecule has 2 aromatic rings. The summed E-state index contributed by atoms with van der Waals surface area (Å²) in [7, 11) is 1.33. The van der Waals surface area contributed by atoms with Gasteiger partial charge in [0.2, 0.25) is 5.91 Å². The second-order valence-corrected chi connectivity index (χ2v) is 7.31. The van der Waals surface area contributed by atoms with E-state index < -0.39 is 6.04 Å². The lowest BCUT2D eigenvalue weighted by atomic mass is 10.0. The van der Waals surface area contributed by atoms with Crippen molar-refractivity contribution in [2.75, 3.05) is 7.11 Å². The van der Waals surface area contributed by atoms with Crippen molar-refractivity contribution in [3.8, 4) is 0 Å². The molecule has 1 amide bonds. The minimum Gasteiger partial charge on any atom is -0.469 e. The molecule has 1 fully saturated rings. The Morgan fingerprint density at radius 3 is 2.65 bits per heavy atom. The molecule has 0 heterocycles. The normalized spacial score (nSPS) is 19.5. The van der Waals surface area contributed by atoms with Crippen LogP contribution in [0.5, 0.6) is 0 Å². The number of ether oxygens (including phenoxy) is 1. The summed E-state index contributed by atoms with van der Waals surface area (Å²) in [6, 6.07) is 13.3. The molecule has 0 aliphatic heterocycles. The lowest BCUT2D eigenvalue weighted by molar-refractivity contribution is -0.141. The molecule has 0 spiro atoms. The van der Waals surface area contributed by atoms with Crippen molar-refractivity contribution in [2.45, 2.75) is 24.8 Å². The predicted molar refractivity (Wildman–Crippen MR) is 98.9 cm³/mol. The number of nitrogens with one attached hydrogen (secondary N) is 1. The molecule has 0 bridgehead atoms. The van der Waals surface area contributed by atoms with E-state index in [2.05, 4.69) is 21.2 Å².